The molecule has 0 aromatic heterocycles. The number of piperazine rings is 2. The average molecular weight is 424 g/mol. The molecule has 2 aliphatic rings. The number of anilines is 1. The molecule has 0 aliphatic carbocycles. The van der Waals surface area contributed by atoms with Crippen molar-refractivity contribution in [2.75, 3.05) is 44.2 Å². The molecule has 2 fully saturated rings. The quantitative estimate of drug-likeness (QED) is 0.808. The number of amides is 3. The summed E-state index contributed by atoms with van der Waals surface area (Å²) in [6.45, 7) is 3.19. The molecule has 1 atom stereocenters. The first kappa shape index (κ1) is 20.8. The van der Waals surface area contributed by atoms with Crippen LogP contribution in [0.25, 0.3) is 0 Å². The van der Waals surface area contributed by atoms with Crippen LogP contribution in [0.15, 0.2) is 54.6 Å². The topological polar surface area (TPSA) is 73.0 Å². The molecular weight excluding hydrogens is 399 g/mol. The van der Waals surface area contributed by atoms with Gasteiger partial charge in [-0.3, -0.25) is 14.4 Å². The number of nitrogens with zero attached hydrogens (tertiary/aromatic N) is 3. The Bertz CT molecular complexity index is 943. The second kappa shape index (κ2) is 9.16. The lowest BCUT2D eigenvalue weighted by molar-refractivity contribution is -0.138. The van der Waals surface area contributed by atoms with E-state index >= 15 is 0 Å². The molecule has 0 radical (unpaired) electrons. The first-order chi connectivity index (χ1) is 15.0. The van der Waals surface area contributed by atoms with Crippen LogP contribution >= 0.6 is 0 Å². The zero-order valence-corrected chi connectivity index (χ0v) is 17.2. The zero-order chi connectivity index (χ0) is 21.8. The number of hydrogen-bond donors (Lipinski definition) is 1. The van der Waals surface area contributed by atoms with E-state index in [4.69, 9.17) is 0 Å². The highest BCUT2D eigenvalue weighted by Gasteiger charge is 2.36. The van der Waals surface area contributed by atoms with Gasteiger partial charge in [0.05, 0.1) is 6.42 Å². The molecule has 4 rings (SSSR count). The zero-order valence-electron chi connectivity index (χ0n) is 17.2. The van der Waals surface area contributed by atoms with Crippen LogP contribution in [0.4, 0.5) is 10.1 Å². The molecule has 1 N–H and O–H groups in total. The lowest BCUT2D eigenvalue weighted by atomic mass is 10.0. The van der Waals surface area contributed by atoms with Gasteiger partial charge in [-0.2, -0.15) is 0 Å². The summed E-state index contributed by atoms with van der Waals surface area (Å²) in [6, 6.07) is 14.4. The Labute approximate surface area is 180 Å². The molecule has 2 aromatic rings. The average Bonchev–Trinajstić information content (AvgIpc) is 2.81. The normalized spacial score (nSPS) is 19.2. The summed E-state index contributed by atoms with van der Waals surface area (Å²) in [5.74, 6) is -1.29. The number of carbonyl (C=O) groups excluding carboxylic acids is 3. The second-order valence-electron chi connectivity index (χ2n) is 7.72. The van der Waals surface area contributed by atoms with E-state index < -0.39 is 11.9 Å². The second-order valence-corrected chi connectivity index (χ2v) is 7.72. The van der Waals surface area contributed by atoms with E-state index in [0.717, 1.165) is 5.69 Å². The lowest BCUT2D eigenvalue weighted by Gasteiger charge is -2.39. The van der Waals surface area contributed by atoms with Crippen LogP contribution in [0.3, 0.4) is 0 Å². The third kappa shape index (κ3) is 4.68. The fraction of sp³-hybridized carbons (Fsp3) is 0.348. The fourth-order valence-electron chi connectivity index (χ4n) is 4.07. The minimum absolute atomic E-state index is 0.0654. The van der Waals surface area contributed by atoms with Crippen LogP contribution in [0.2, 0.25) is 0 Å². The smallest absolute Gasteiger partial charge is 0.254 e. The molecule has 0 saturated carbocycles. The number of benzene rings is 2. The van der Waals surface area contributed by atoms with Gasteiger partial charge in [-0.1, -0.05) is 18.2 Å². The molecule has 0 spiro atoms. The molecular formula is C23H25FN4O3. The number of rotatable bonds is 4. The Hall–Kier alpha value is -3.42. The minimum Gasteiger partial charge on any atom is -0.368 e. The Morgan fingerprint density at radius 1 is 0.935 bits per heavy atom. The van der Waals surface area contributed by atoms with Crippen LogP contribution in [0, 0.1) is 5.82 Å². The molecule has 0 unspecified atom stereocenters. The van der Waals surface area contributed by atoms with Crippen molar-refractivity contribution in [2.45, 2.75) is 12.5 Å². The first-order valence-corrected chi connectivity index (χ1v) is 10.4. The molecule has 2 saturated heterocycles. The molecule has 2 aromatic carbocycles. The van der Waals surface area contributed by atoms with Crippen LogP contribution in [0.1, 0.15) is 16.8 Å². The van der Waals surface area contributed by atoms with Crippen molar-refractivity contribution in [1.82, 2.24) is 15.1 Å². The standard InChI is InChI=1S/C23H25FN4O3/c24-18-8-6-17(7-9-18)23(31)28-11-10-25-22(30)20(28)16-21(29)27-14-12-26(13-15-27)19-4-2-1-3-5-19/h1-9,20H,10-16H2,(H,25,30)/t20-/m0/s1. The van der Waals surface area contributed by atoms with Crippen molar-refractivity contribution in [3.05, 3.63) is 66.0 Å². The molecule has 2 aliphatic heterocycles. The first-order valence-electron chi connectivity index (χ1n) is 10.4. The summed E-state index contributed by atoms with van der Waals surface area (Å²) >= 11 is 0. The fourth-order valence-corrected chi connectivity index (χ4v) is 4.07. The van der Waals surface area contributed by atoms with Gasteiger partial charge in [0.2, 0.25) is 11.8 Å². The van der Waals surface area contributed by atoms with Gasteiger partial charge in [0, 0.05) is 50.5 Å². The number of nitrogens with one attached hydrogen (secondary N) is 1. The maximum Gasteiger partial charge on any atom is 0.254 e. The monoisotopic (exact) mass is 424 g/mol. The van der Waals surface area contributed by atoms with Crippen molar-refractivity contribution in [1.29, 1.82) is 0 Å². The Balaban J connectivity index is 1.40. The van der Waals surface area contributed by atoms with E-state index in [0.29, 0.717) is 44.8 Å². The van der Waals surface area contributed by atoms with Crippen LogP contribution in [-0.2, 0) is 9.59 Å². The number of halogens is 1. The number of para-hydroxylation sites is 1. The van der Waals surface area contributed by atoms with Crippen molar-refractivity contribution in [3.63, 3.8) is 0 Å². The van der Waals surface area contributed by atoms with E-state index in [2.05, 4.69) is 10.2 Å². The van der Waals surface area contributed by atoms with Gasteiger partial charge in [0.15, 0.2) is 0 Å². The highest BCUT2D eigenvalue weighted by atomic mass is 19.1. The molecule has 7 nitrogen and oxygen atoms in total. The summed E-state index contributed by atoms with van der Waals surface area (Å²) in [7, 11) is 0. The molecule has 162 valence electrons. The van der Waals surface area contributed by atoms with Gasteiger partial charge in [-0.05, 0) is 36.4 Å². The van der Waals surface area contributed by atoms with Crippen molar-refractivity contribution in [2.24, 2.45) is 0 Å². The lowest BCUT2D eigenvalue weighted by Crippen LogP contribution is -2.59. The minimum atomic E-state index is -0.869. The molecule has 2 heterocycles. The third-order valence-electron chi connectivity index (χ3n) is 5.80. The van der Waals surface area contributed by atoms with Gasteiger partial charge < -0.3 is 20.0 Å². The number of carbonyl (C=O) groups is 3. The predicted molar refractivity (Wildman–Crippen MR) is 114 cm³/mol. The molecule has 0 bridgehead atoms. The molecule has 3 amide bonds. The van der Waals surface area contributed by atoms with E-state index in [9.17, 15) is 18.8 Å². The van der Waals surface area contributed by atoms with Crippen LogP contribution in [-0.4, -0.2) is 72.8 Å². The summed E-state index contributed by atoms with van der Waals surface area (Å²) in [4.78, 5) is 43.8. The van der Waals surface area contributed by atoms with Gasteiger partial charge >= 0.3 is 0 Å². The van der Waals surface area contributed by atoms with Gasteiger partial charge in [-0.15, -0.1) is 0 Å². The SMILES string of the molecule is O=C1NCCN(C(=O)c2ccc(F)cc2)[C@H]1CC(=O)N1CCN(c2ccccc2)CC1. The van der Waals surface area contributed by atoms with E-state index in [1.165, 1.54) is 29.2 Å². The van der Waals surface area contributed by atoms with Gasteiger partial charge in [-0.25, -0.2) is 4.39 Å². The van der Waals surface area contributed by atoms with Gasteiger partial charge in [0.1, 0.15) is 11.9 Å². The van der Waals surface area contributed by atoms with Crippen molar-refractivity contribution >= 4 is 23.4 Å². The van der Waals surface area contributed by atoms with Crippen LogP contribution < -0.4 is 10.2 Å². The highest BCUT2D eigenvalue weighted by molar-refractivity contribution is 5.99. The van der Waals surface area contributed by atoms with Crippen molar-refractivity contribution < 1.29 is 18.8 Å². The Morgan fingerprint density at radius 2 is 1.61 bits per heavy atom. The molecule has 8 heteroatoms. The van der Waals surface area contributed by atoms with Gasteiger partial charge in [0.25, 0.3) is 5.91 Å². The highest BCUT2D eigenvalue weighted by Crippen LogP contribution is 2.19. The summed E-state index contributed by atoms with van der Waals surface area (Å²) in [6.07, 6.45) is -0.0654. The number of hydrogen-bond acceptors (Lipinski definition) is 4. The third-order valence-corrected chi connectivity index (χ3v) is 5.80. The van der Waals surface area contributed by atoms with Crippen molar-refractivity contribution in [3.8, 4) is 0 Å². The molecule has 31 heavy (non-hydrogen) atoms. The Morgan fingerprint density at radius 3 is 2.29 bits per heavy atom. The summed E-state index contributed by atoms with van der Waals surface area (Å²) in [5.41, 5.74) is 1.42. The Kier molecular flexibility index (Phi) is 6.16. The van der Waals surface area contributed by atoms with E-state index in [1.54, 1.807) is 4.90 Å². The largest absolute Gasteiger partial charge is 0.368 e. The van der Waals surface area contributed by atoms with Crippen LogP contribution in [0.5, 0.6) is 0 Å². The maximum absolute atomic E-state index is 13.2. The summed E-state index contributed by atoms with van der Waals surface area (Å²) in [5, 5.41) is 2.74. The van der Waals surface area contributed by atoms with E-state index in [1.807, 2.05) is 30.3 Å². The predicted octanol–water partition coefficient (Wildman–Crippen LogP) is 1.51. The maximum atomic E-state index is 13.2. The summed E-state index contributed by atoms with van der Waals surface area (Å²) < 4.78 is 13.2. The van der Waals surface area contributed by atoms with E-state index in [-0.39, 0.29) is 24.1 Å².